The third-order valence-electron chi connectivity index (χ3n) is 2.44. The second-order valence-electron chi connectivity index (χ2n) is 3.87. The minimum atomic E-state index is -1.23. The summed E-state index contributed by atoms with van der Waals surface area (Å²) in [7, 11) is 0. The van der Waals surface area contributed by atoms with E-state index in [0.29, 0.717) is 10.2 Å². The highest BCUT2D eigenvalue weighted by Gasteiger charge is 2.20. The number of nitrogens with zero attached hydrogens (tertiary/aromatic N) is 1. The van der Waals surface area contributed by atoms with Gasteiger partial charge in [-0.3, -0.25) is 4.79 Å². The van der Waals surface area contributed by atoms with Crippen LogP contribution in [-0.4, -0.2) is 27.0 Å². The number of halogens is 1. The summed E-state index contributed by atoms with van der Waals surface area (Å²) >= 11 is 3.33. The highest BCUT2D eigenvalue weighted by atomic mass is 79.9. The van der Waals surface area contributed by atoms with Crippen molar-refractivity contribution in [2.75, 3.05) is 5.32 Å². The molecule has 2 rings (SSSR count). The van der Waals surface area contributed by atoms with Crippen LogP contribution in [-0.2, 0) is 0 Å². The van der Waals surface area contributed by atoms with Gasteiger partial charge in [0.15, 0.2) is 11.4 Å². The van der Waals surface area contributed by atoms with E-state index >= 15 is 0 Å². The number of carbonyl (C=O) groups excluding carboxylic acids is 1. The number of benzene rings is 1. The molecule has 0 fully saturated rings. The molecule has 1 amide bonds. The molecule has 6 nitrogen and oxygen atoms in total. The molecular formula is C12H10BrN3O3. The number of carbonyl (C=O) groups is 2. The molecule has 0 aliphatic heterocycles. The summed E-state index contributed by atoms with van der Waals surface area (Å²) in [4.78, 5) is 29.0. The van der Waals surface area contributed by atoms with Crippen LogP contribution in [0.25, 0.3) is 0 Å². The minimum Gasteiger partial charge on any atom is -0.477 e. The predicted octanol–water partition coefficient (Wildman–Crippen LogP) is 2.43. The number of aromatic amines is 1. The summed E-state index contributed by atoms with van der Waals surface area (Å²) in [5.74, 6) is -1.81. The first kappa shape index (κ1) is 13.3. The van der Waals surface area contributed by atoms with Crippen LogP contribution in [0.15, 0.2) is 29.0 Å². The lowest BCUT2D eigenvalue weighted by Gasteiger charge is -2.07. The molecule has 7 heteroatoms. The average molecular weight is 324 g/mol. The second kappa shape index (κ2) is 5.23. The van der Waals surface area contributed by atoms with E-state index < -0.39 is 11.9 Å². The molecular weight excluding hydrogens is 314 g/mol. The maximum Gasteiger partial charge on any atom is 0.354 e. The third-order valence-corrected chi connectivity index (χ3v) is 3.10. The van der Waals surface area contributed by atoms with E-state index in [1.54, 1.807) is 6.07 Å². The largest absolute Gasteiger partial charge is 0.477 e. The van der Waals surface area contributed by atoms with E-state index in [0.717, 1.165) is 5.56 Å². The Bertz CT molecular complexity index is 651. The van der Waals surface area contributed by atoms with Gasteiger partial charge in [-0.05, 0) is 40.5 Å². The summed E-state index contributed by atoms with van der Waals surface area (Å²) in [5, 5.41) is 11.5. The molecule has 98 valence electrons. The highest BCUT2D eigenvalue weighted by molar-refractivity contribution is 9.10. The summed E-state index contributed by atoms with van der Waals surface area (Å²) in [6.45, 7) is 1.92. The summed E-state index contributed by atoms with van der Waals surface area (Å²) in [6.07, 6.45) is 1.17. The van der Waals surface area contributed by atoms with Gasteiger partial charge in [-0.1, -0.05) is 6.07 Å². The van der Waals surface area contributed by atoms with Gasteiger partial charge in [-0.15, -0.1) is 0 Å². The maximum atomic E-state index is 12.0. The van der Waals surface area contributed by atoms with Crippen molar-refractivity contribution in [1.82, 2.24) is 9.97 Å². The van der Waals surface area contributed by atoms with Crippen molar-refractivity contribution in [3.8, 4) is 0 Å². The van der Waals surface area contributed by atoms with Crippen LogP contribution in [0.4, 0.5) is 5.69 Å². The Hall–Kier alpha value is -2.15. The van der Waals surface area contributed by atoms with E-state index in [4.69, 9.17) is 5.11 Å². The Morgan fingerprint density at radius 1 is 1.42 bits per heavy atom. The number of hydrogen-bond acceptors (Lipinski definition) is 3. The van der Waals surface area contributed by atoms with Crippen LogP contribution in [0.5, 0.6) is 0 Å². The van der Waals surface area contributed by atoms with Gasteiger partial charge in [-0.2, -0.15) is 0 Å². The van der Waals surface area contributed by atoms with E-state index in [9.17, 15) is 9.59 Å². The van der Waals surface area contributed by atoms with Gasteiger partial charge in [0, 0.05) is 4.47 Å². The summed E-state index contributed by atoms with van der Waals surface area (Å²) in [6, 6.07) is 5.41. The van der Waals surface area contributed by atoms with Gasteiger partial charge in [-0.25, -0.2) is 9.78 Å². The Morgan fingerprint density at radius 2 is 2.16 bits per heavy atom. The second-order valence-corrected chi connectivity index (χ2v) is 4.72. The SMILES string of the molecule is Cc1ccc(NC(=O)c2nc[nH]c2C(=O)O)c(Br)c1. The van der Waals surface area contributed by atoms with Gasteiger partial charge < -0.3 is 15.4 Å². The smallest absolute Gasteiger partial charge is 0.354 e. The van der Waals surface area contributed by atoms with Crippen molar-refractivity contribution in [3.63, 3.8) is 0 Å². The number of rotatable bonds is 3. The molecule has 19 heavy (non-hydrogen) atoms. The fourth-order valence-corrected chi connectivity index (χ4v) is 2.12. The number of amides is 1. The zero-order valence-electron chi connectivity index (χ0n) is 9.90. The minimum absolute atomic E-state index is 0.153. The van der Waals surface area contributed by atoms with Crippen molar-refractivity contribution in [1.29, 1.82) is 0 Å². The van der Waals surface area contributed by atoms with Crippen molar-refractivity contribution in [2.24, 2.45) is 0 Å². The number of carboxylic acid groups (broad SMARTS) is 1. The van der Waals surface area contributed by atoms with Crippen LogP contribution in [0, 0.1) is 6.92 Å². The normalized spacial score (nSPS) is 10.2. The van der Waals surface area contributed by atoms with E-state index in [1.807, 2.05) is 19.1 Å². The van der Waals surface area contributed by atoms with Crippen LogP contribution in [0.3, 0.4) is 0 Å². The van der Waals surface area contributed by atoms with Gasteiger partial charge in [0.25, 0.3) is 5.91 Å². The number of H-pyrrole nitrogens is 1. The predicted molar refractivity (Wildman–Crippen MR) is 72.4 cm³/mol. The first-order chi connectivity index (χ1) is 8.99. The first-order valence-corrected chi connectivity index (χ1v) is 6.12. The molecule has 0 saturated carbocycles. The number of anilines is 1. The fourth-order valence-electron chi connectivity index (χ4n) is 1.53. The number of aromatic nitrogens is 2. The van der Waals surface area contributed by atoms with Crippen molar-refractivity contribution in [2.45, 2.75) is 6.92 Å². The number of aromatic carboxylic acids is 1. The molecule has 0 radical (unpaired) electrons. The Morgan fingerprint density at radius 3 is 2.79 bits per heavy atom. The van der Waals surface area contributed by atoms with E-state index in [2.05, 4.69) is 31.2 Å². The first-order valence-electron chi connectivity index (χ1n) is 5.33. The summed E-state index contributed by atoms with van der Waals surface area (Å²) < 4.78 is 0.716. The standard InChI is InChI=1S/C12H10BrN3O3/c1-6-2-3-8(7(13)4-6)16-11(17)9-10(12(18)19)15-5-14-9/h2-5H,1H3,(H,14,15)(H,16,17)(H,18,19). The Balaban J connectivity index is 2.26. The van der Waals surface area contributed by atoms with Crippen molar-refractivity contribution in [3.05, 3.63) is 46.0 Å². The lowest BCUT2D eigenvalue weighted by Crippen LogP contribution is -2.16. The molecule has 1 aromatic heterocycles. The molecule has 2 aromatic rings. The Labute approximate surface area is 117 Å². The number of aryl methyl sites for hydroxylation is 1. The molecule has 0 aliphatic rings. The molecule has 1 heterocycles. The Kier molecular flexibility index (Phi) is 3.66. The van der Waals surface area contributed by atoms with Crippen LogP contribution in [0.1, 0.15) is 26.5 Å². The molecule has 0 unspecified atom stereocenters. The van der Waals surface area contributed by atoms with Gasteiger partial charge >= 0.3 is 5.97 Å². The van der Waals surface area contributed by atoms with Crippen molar-refractivity contribution < 1.29 is 14.7 Å². The lowest BCUT2D eigenvalue weighted by atomic mass is 10.2. The zero-order valence-corrected chi connectivity index (χ0v) is 11.5. The maximum absolute atomic E-state index is 12.0. The third kappa shape index (κ3) is 2.82. The molecule has 0 saturated heterocycles. The van der Waals surface area contributed by atoms with Gasteiger partial charge in [0.1, 0.15) is 0 Å². The monoisotopic (exact) mass is 323 g/mol. The number of carboxylic acids is 1. The molecule has 3 N–H and O–H groups in total. The van der Waals surface area contributed by atoms with E-state index in [-0.39, 0.29) is 11.4 Å². The molecule has 0 spiro atoms. The van der Waals surface area contributed by atoms with Gasteiger partial charge in [0.2, 0.25) is 0 Å². The number of nitrogens with one attached hydrogen (secondary N) is 2. The molecule has 0 aliphatic carbocycles. The quantitative estimate of drug-likeness (QED) is 0.808. The molecule has 0 bridgehead atoms. The summed E-state index contributed by atoms with van der Waals surface area (Å²) in [5.41, 5.74) is 1.20. The van der Waals surface area contributed by atoms with Crippen molar-refractivity contribution >= 4 is 33.5 Å². The van der Waals surface area contributed by atoms with Gasteiger partial charge in [0.05, 0.1) is 12.0 Å². The van der Waals surface area contributed by atoms with E-state index in [1.165, 1.54) is 6.33 Å². The zero-order chi connectivity index (χ0) is 14.0. The highest BCUT2D eigenvalue weighted by Crippen LogP contribution is 2.24. The van der Waals surface area contributed by atoms with Crippen LogP contribution >= 0.6 is 15.9 Å². The van der Waals surface area contributed by atoms with Crippen LogP contribution < -0.4 is 5.32 Å². The topological polar surface area (TPSA) is 95.1 Å². The average Bonchev–Trinajstić information content (AvgIpc) is 2.82. The lowest BCUT2D eigenvalue weighted by molar-refractivity contribution is 0.0686. The molecule has 0 atom stereocenters. The number of imidazole rings is 1. The fraction of sp³-hybridized carbons (Fsp3) is 0.0833. The van der Waals surface area contributed by atoms with Crippen LogP contribution in [0.2, 0.25) is 0 Å². The molecule has 1 aromatic carbocycles. The number of hydrogen-bond donors (Lipinski definition) is 3.